The predicted molar refractivity (Wildman–Crippen MR) is 84.4 cm³/mol. The van der Waals surface area contributed by atoms with Crippen molar-refractivity contribution in [1.29, 1.82) is 0 Å². The summed E-state index contributed by atoms with van der Waals surface area (Å²) < 4.78 is 0. The van der Waals surface area contributed by atoms with Crippen molar-refractivity contribution >= 4 is 11.6 Å². The summed E-state index contributed by atoms with van der Waals surface area (Å²) in [5.74, 6) is 2.92. The summed E-state index contributed by atoms with van der Waals surface area (Å²) in [7, 11) is 0. The number of halogens is 1. The Morgan fingerprint density at radius 2 is 1.74 bits per heavy atom. The number of terminal acetylenes is 1. The van der Waals surface area contributed by atoms with E-state index in [4.69, 9.17) is 18.0 Å². The average molecular weight is 278 g/mol. The molecule has 1 atom stereocenters. The minimum absolute atomic E-state index is 0.00759. The second-order valence-corrected chi connectivity index (χ2v) is 5.24. The third kappa shape index (κ3) is 4.90. The molecule has 0 spiro atoms. The molecular weight excluding hydrogens is 254 g/mol. The van der Waals surface area contributed by atoms with Gasteiger partial charge in [0.1, 0.15) is 0 Å². The molecule has 1 unspecified atom stereocenters. The molecule has 19 heavy (non-hydrogen) atoms. The highest BCUT2D eigenvalue weighted by molar-refractivity contribution is 6.31. The molecule has 0 aliphatic rings. The Bertz CT molecular complexity index is 400. The SMILES string of the molecule is C#CC(c1ccccc1Cl)N(CCCC)CCCC. The molecule has 0 saturated carbocycles. The maximum Gasteiger partial charge on any atom is 0.0982 e. The molecule has 0 saturated heterocycles. The Labute approximate surface area is 123 Å². The van der Waals surface area contributed by atoms with Crippen LogP contribution < -0.4 is 0 Å². The van der Waals surface area contributed by atoms with E-state index in [1.54, 1.807) is 0 Å². The van der Waals surface area contributed by atoms with Crippen molar-refractivity contribution in [3.8, 4) is 12.3 Å². The molecule has 0 aliphatic carbocycles. The zero-order valence-electron chi connectivity index (χ0n) is 12.0. The molecule has 0 fully saturated rings. The molecule has 104 valence electrons. The highest BCUT2D eigenvalue weighted by Crippen LogP contribution is 2.27. The van der Waals surface area contributed by atoms with Crippen LogP contribution in [0.2, 0.25) is 5.02 Å². The van der Waals surface area contributed by atoms with Gasteiger partial charge in [0.05, 0.1) is 6.04 Å². The number of hydrogen-bond acceptors (Lipinski definition) is 1. The van der Waals surface area contributed by atoms with Crippen molar-refractivity contribution in [3.05, 3.63) is 34.9 Å². The van der Waals surface area contributed by atoms with Crippen LogP contribution >= 0.6 is 11.6 Å². The van der Waals surface area contributed by atoms with E-state index in [9.17, 15) is 0 Å². The molecule has 1 aromatic rings. The molecule has 0 bridgehead atoms. The normalized spacial score (nSPS) is 12.4. The highest BCUT2D eigenvalue weighted by Gasteiger charge is 2.19. The number of rotatable bonds is 8. The topological polar surface area (TPSA) is 3.24 Å². The fourth-order valence-corrected chi connectivity index (χ4v) is 2.42. The van der Waals surface area contributed by atoms with Gasteiger partial charge in [-0.05, 0) is 37.6 Å². The quantitative estimate of drug-likeness (QED) is 0.610. The molecule has 0 aliphatic heterocycles. The van der Waals surface area contributed by atoms with Gasteiger partial charge in [0.15, 0.2) is 0 Å². The Morgan fingerprint density at radius 1 is 1.16 bits per heavy atom. The lowest BCUT2D eigenvalue weighted by molar-refractivity contribution is 0.230. The summed E-state index contributed by atoms with van der Waals surface area (Å²) in [6.45, 7) is 6.49. The number of nitrogens with zero attached hydrogens (tertiary/aromatic N) is 1. The van der Waals surface area contributed by atoms with Crippen LogP contribution in [0.1, 0.15) is 51.1 Å². The summed E-state index contributed by atoms with van der Waals surface area (Å²) >= 11 is 6.29. The van der Waals surface area contributed by atoms with Gasteiger partial charge in [-0.1, -0.05) is 62.4 Å². The highest BCUT2D eigenvalue weighted by atomic mass is 35.5. The average Bonchev–Trinajstić information content (AvgIpc) is 2.43. The van der Waals surface area contributed by atoms with Gasteiger partial charge in [0, 0.05) is 5.02 Å². The summed E-state index contributed by atoms with van der Waals surface area (Å²) in [5, 5.41) is 0.767. The molecule has 0 aromatic heterocycles. The van der Waals surface area contributed by atoms with Gasteiger partial charge in [-0.25, -0.2) is 0 Å². The molecule has 1 aromatic carbocycles. The second-order valence-electron chi connectivity index (χ2n) is 4.83. The van der Waals surface area contributed by atoms with Crippen molar-refractivity contribution in [2.45, 2.75) is 45.6 Å². The van der Waals surface area contributed by atoms with E-state index in [-0.39, 0.29) is 6.04 Å². The van der Waals surface area contributed by atoms with E-state index in [2.05, 4.69) is 24.7 Å². The Balaban J connectivity index is 2.89. The van der Waals surface area contributed by atoms with Crippen LogP contribution in [0.3, 0.4) is 0 Å². The first-order chi connectivity index (χ1) is 9.24. The van der Waals surface area contributed by atoms with Gasteiger partial charge in [-0.2, -0.15) is 0 Å². The van der Waals surface area contributed by atoms with Crippen LogP contribution in [0.25, 0.3) is 0 Å². The molecule has 0 heterocycles. The maximum atomic E-state index is 6.29. The standard InChI is InChI=1S/C17H24ClN/c1-4-7-13-19(14-8-5-2)17(6-3)15-11-9-10-12-16(15)18/h3,9-12,17H,4-5,7-8,13-14H2,1-2H3. The van der Waals surface area contributed by atoms with Crippen LogP contribution in [0.4, 0.5) is 0 Å². The second kappa shape index (κ2) is 9.02. The molecule has 0 amide bonds. The zero-order chi connectivity index (χ0) is 14.1. The van der Waals surface area contributed by atoms with E-state index in [0.29, 0.717) is 0 Å². The number of hydrogen-bond donors (Lipinski definition) is 0. The summed E-state index contributed by atoms with van der Waals surface area (Å²) in [4.78, 5) is 2.38. The number of unbranched alkanes of at least 4 members (excludes halogenated alkanes) is 2. The van der Waals surface area contributed by atoms with E-state index in [1.807, 2.05) is 24.3 Å². The molecule has 1 rings (SSSR count). The van der Waals surface area contributed by atoms with Gasteiger partial charge in [0.25, 0.3) is 0 Å². The molecular formula is C17H24ClN. The van der Waals surface area contributed by atoms with Crippen LogP contribution in [-0.4, -0.2) is 18.0 Å². The van der Waals surface area contributed by atoms with E-state index < -0.39 is 0 Å². The van der Waals surface area contributed by atoms with Gasteiger partial charge < -0.3 is 0 Å². The van der Waals surface area contributed by atoms with Gasteiger partial charge in [-0.15, -0.1) is 6.42 Å². The summed E-state index contributed by atoms with van der Waals surface area (Å²) in [5.41, 5.74) is 1.05. The van der Waals surface area contributed by atoms with Crippen molar-refractivity contribution < 1.29 is 0 Å². The lowest BCUT2D eigenvalue weighted by Crippen LogP contribution is -2.30. The zero-order valence-corrected chi connectivity index (χ0v) is 12.8. The molecule has 0 N–H and O–H groups in total. The van der Waals surface area contributed by atoms with Gasteiger partial charge in [0.2, 0.25) is 0 Å². The lowest BCUT2D eigenvalue weighted by atomic mass is 10.0. The van der Waals surface area contributed by atoms with Gasteiger partial charge in [-0.3, -0.25) is 4.90 Å². The van der Waals surface area contributed by atoms with Crippen LogP contribution in [0.15, 0.2) is 24.3 Å². The monoisotopic (exact) mass is 277 g/mol. The fraction of sp³-hybridized carbons (Fsp3) is 0.529. The van der Waals surface area contributed by atoms with Crippen molar-refractivity contribution in [3.63, 3.8) is 0 Å². The number of benzene rings is 1. The van der Waals surface area contributed by atoms with Gasteiger partial charge >= 0.3 is 0 Å². The summed E-state index contributed by atoms with van der Waals surface area (Å²) in [6.07, 6.45) is 10.5. The first-order valence-electron chi connectivity index (χ1n) is 7.19. The van der Waals surface area contributed by atoms with Crippen LogP contribution in [0.5, 0.6) is 0 Å². The first-order valence-corrected chi connectivity index (χ1v) is 7.57. The minimum atomic E-state index is -0.00759. The lowest BCUT2D eigenvalue weighted by Gasteiger charge is -2.29. The van der Waals surface area contributed by atoms with Crippen LogP contribution in [-0.2, 0) is 0 Å². The third-order valence-electron chi connectivity index (χ3n) is 3.32. The fourth-order valence-electron chi connectivity index (χ4n) is 2.18. The first kappa shape index (κ1) is 16.1. The molecule has 1 nitrogen and oxygen atoms in total. The molecule has 2 heteroatoms. The Hall–Kier alpha value is -0.970. The minimum Gasteiger partial charge on any atom is -0.286 e. The van der Waals surface area contributed by atoms with Crippen molar-refractivity contribution in [1.82, 2.24) is 4.90 Å². The third-order valence-corrected chi connectivity index (χ3v) is 3.66. The Kier molecular flexibility index (Phi) is 7.63. The maximum absolute atomic E-state index is 6.29. The van der Waals surface area contributed by atoms with Crippen LogP contribution in [0, 0.1) is 12.3 Å². The molecule has 0 radical (unpaired) electrons. The summed E-state index contributed by atoms with van der Waals surface area (Å²) in [6, 6.07) is 7.90. The largest absolute Gasteiger partial charge is 0.286 e. The Morgan fingerprint density at radius 3 is 2.21 bits per heavy atom. The van der Waals surface area contributed by atoms with E-state index in [0.717, 1.165) is 23.7 Å². The predicted octanol–water partition coefficient (Wildman–Crippen LogP) is 4.92. The van der Waals surface area contributed by atoms with E-state index >= 15 is 0 Å². The smallest absolute Gasteiger partial charge is 0.0982 e. The van der Waals surface area contributed by atoms with E-state index in [1.165, 1.54) is 25.7 Å². The van der Waals surface area contributed by atoms with Crippen molar-refractivity contribution in [2.24, 2.45) is 0 Å². The van der Waals surface area contributed by atoms with Crippen molar-refractivity contribution in [2.75, 3.05) is 13.1 Å².